The first-order valence-electron chi connectivity index (χ1n) is 2.60. The first-order valence-corrected chi connectivity index (χ1v) is 2.60. The summed E-state index contributed by atoms with van der Waals surface area (Å²) in [6, 6.07) is 0. The highest BCUT2D eigenvalue weighted by atomic mass is 16.6. The summed E-state index contributed by atoms with van der Waals surface area (Å²) < 4.78 is 4.47. The van der Waals surface area contributed by atoms with Gasteiger partial charge in [-0.3, -0.25) is 0 Å². The minimum atomic E-state index is -1.69. The molecule has 0 saturated heterocycles. The van der Waals surface area contributed by atoms with E-state index < -0.39 is 12.3 Å². The number of ether oxygens (including phenoxy) is 1. The molecule has 0 aromatic carbocycles. The van der Waals surface area contributed by atoms with Crippen molar-refractivity contribution in [3.8, 4) is 0 Å². The third-order valence-electron chi connectivity index (χ3n) is 0.612. The number of aliphatic hydroxyl groups excluding tert-OH is 1. The van der Waals surface area contributed by atoms with Gasteiger partial charge in [0, 0.05) is 0 Å². The van der Waals surface area contributed by atoms with E-state index in [9.17, 15) is 4.79 Å². The molecule has 0 saturated carbocycles. The first-order chi connectivity index (χ1) is 4.04. The number of aliphatic carboxylic acids is 1. The number of carboxylic acids is 1. The summed E-state index contributed by atoms with van der Waals surface area (Å²) in [6.45, 7) is 3.29. The van der Waals surface area contributed by atoms with Crippen molar-refractivity contribution in [3.63, 3.8) is 0 Å². The van der Waals surface area contributed by atoms with Crippen molar-refractivity contribution in [3.05, 3.63) is 0 Å². The van der Waals surface area contributed by atoms with Gasteiger partial charge in [-0.05, 0) is 13.8 Å². The van der Waals surface area contributed by atoms with Crippen molar-refractivity contribution in [1.29, 1.82) is 0 Å². The van der Waals surface area contributed by atoms with Crippen LogP contribution in [0.1, 0.15) is 13.8 Å². The molecule has 0 heterocycles. The Labute approximate surface area is 53.1 Å². The van der Waals surface area contributed by atoms with Gasteiger partial charge in [0.2, 0.25) is 0 Å². The highest BCUT2D eigenvalue weighted by molar-refractivity contribution is 5.70. The van der Waals surface area contributed by atoms with Crippen molar-refractivity contribution in [1.82, 2.24) is 0 Å². The maximum atomic E-state index is 9.86. The Balaban J connectivity index is 3.50. The minimum absolute atomic E-state index is 0.268. The average Bonchev–Trinajstić information content (AvgIpc) is 1.63. The molecule has 9 heavy (non-hydrogen) atoms. The molecule has 1 atom stereocenters. The van der Waals surface area contributed by atoms with E-state index in [0.717, 1.165) is 0 Å². The topological polar surface area (TPSA) is 66.8 Å². The van der Waals surface area contributed by atoms with E-state index in [4.69, 9.17) is 10.2 Å². The summed E-state index contributed by atoms with van der Waals surface area (Å²) in [6.07, 6.45) is -1.96. The van der Waals surface area contributed by atoms with Gasteiger partial charge in [0.25, 0.3) is 6.29 Å². The lowest BCUT2D eigenvalue weighted by Crippen LogP contribution is -2.26. The summed E-state index contributed by atoms with van der Waals surface area (Å²) in [5, 5.41) is 16.5. The zero-order chi connectivity index (χ0) is 7.44. The number of hydrogen-bond acceptors (Lipinski definition) is 3. The summed E-state index contributed by atoms with van der Waals surface area (Å²) in [5.74, 6) is -1.36. The van der Waals surface area contributed by atoms with E-state index in [-0.39, 0.29) is 6.10 Å². The van der Waals surface area contributed by atoms with E-state index in [1.54, 1.807) is 13.8 Å². The van der Waals surface area contributed by atoms with Crippen molar-refractivity contribution >= 4 is 5.97 Å². The summed E-state index contributed by atoms with van der Waals surface area (Å²) in [7, 11) is 0. The van der Waals surface area contributed by atoms with Gasteiger partial charge in [-0.25, -0.2) is 4.79 Å². The van der Waals surface area contributed by atoms with Crippen LogP contribution in [0, 0.1) is 0 Å². The highest BCUT2D eigenvalue weighted by Crippen LogP contribution is 1.93. The van der Waals surface area contributed by atoms with Gasteiger partial charge >= 0.3 is 5.97 Å². The Kier molecular flexibility index (Phi) is 3.19. The number of rotatable bonds is 3. The molecule has 0 aliphatic carbocycles. The lowest BCUT2D eigenvalue weighted by Gasteiger charge is -2.09. The van der Waals surface area contributed by atoms with E-state index >= 15 is 0 Å². The van der Waals surface area contributed by atoms with Gasteiger partial charge in [-0.2, -0.15) is 0 Å². The van der Waals surface area contributed by atoms with Crippen LogP contribution in [0.2, 0.25) is 0 Å². The van der Waals surface area contributed by atoms with Crippen LogP contribution in [0.3, 0.4) is 0 Å². The molecule has 0 aromatic rings. The smallest absolute Gasteiger partial charge is 0.360 e. The van der Waals surface area contributed by atoms with E-state index in [1.165, 1.54) is 0 Å². The van der Waals surface area contributed by atoms with Crippen LogP contribution in [0.4, 0.5) is 0 Å². The fourth-order valence-corrected chi connectivity index (χ4v) is 0.316. The molecule has 0 radical (unpaired) electrons. The lowest BCUT2D eigenvalue weighted by molar-refractivity contribution is -0.183. The number of carbonyl (C=O) groups is 1. The Bertz CT molecular complexity index is 99.1. The maximum Gasteiger partial charge on any atom is 0.360 e. The molecule has 2 N–H and O–H groups in total. The molecule has 4 heteroatoms. The van der Waals surface area contributed by atoms with Gasteiger partial charge in [-0.1, -0.05) is 0 Å². The van der Waals surface area contributed by atoms with Crippen LogP contribution < -0.4 is 0 Å². The Morgan fingerprint density at radius 3 is 2.11 bits per heavy atom. The molecule has 0 bridgehead atoms. The number of aliphatic hydroxyl groups is 1. The predicted octanol–water partition coefficient (Wildman–Crippen LogP) is -0.186. The van der Waals surface area contributed by atoms with Gasteiger partial charge in [0.05, 0.1) is 6.10 Å². The fourth-order valence-electron chi connectivity index (χ4n) is 0.316. The van der Waals surface area contributed by atoms with Crippen LogP contribution in [0.25, 0.3) is 0 Å². The van der Waals surface area contributed by atoms with Gasteiger partial charge in [0.1, 0.15) is 0 Å². The molecule has 54 valence electrons. The SMILES string of the molecule is CC(C)OC(O)C(=O)O. The number of carboxylic acid groups (broad SMARTS) is 1. The van der Waals surface area contributed by atoms with Crippen molar-refractivity contribution in [2.75, 3.05) is 0 Å². The fraction of sp³-hybridized carbons (Fsp3) is 0.800. The largest absolute Gasteiger partial charge is 0.477 e. The summed E-state index contributed by atoms with van der Waals surface area (Å²) in [5.41, 5.74) is 0. The minimum Gasteiger partial charge on any atom is -0.477 e. The summed E-state index contributed by atoms with van der Waals surface area (Å²) >= 11 is 0. The molecule has 0 amide bonds. The predicted molar refractivity (Wildman–Crippen MR) is 29.9 cm³/mol. The average molecular weight is 134 g/mol. The van der Waals surface area contributed by atoms with E-state index in [1.807, 2.05) is 0 Å². The van der Waals surface area contributed by atoms with Crippen LogP contribution in [-0.4, -0.2) is 28.6 Å². The molecule has 0 fully saturated rings. The van der Waals surface area contributed by atoms with E-state index in [2.05, 4.69) is 4.74 Å². The third kappa shape index (κ3) is 3.93. The molecule has 0 aliphatic heterocycles. The number of hydrogen-bond donors (Lipinski definition) is 2. The molecule has 1 unspecified atom stereocenters. The van der Waals surface area contributed by atoms with Crippen molar-refractivity contribution < 1.29 is 19.7 Å². The lowest BCUT2D eigenvalue weighted by atomic mass is 10.5. The van der Waals surface area contributed by atoms with Crippen LogP contribution in [-0.2, 0) is 9.53 Å². The molecule has 0 spiro atoms. The molecule has 0 aliphatic rings. The maximum absolute atomic E-state index is 9.86. The zero-order valence-corrected chi connectivity index (χ0v) is 5.37. The first kappa shape index (κ1) is 8.39. The standard InChI is InChI=1S/C5H10O4/c1-3(2)9-5(8)4(6)7/h3,5,8H,1-2H3,(H,6,7). The molecular weight excluding hydrogens is 124 g/mol. The van der Waals surface area contributed by atoms with Gasteiger partial charge < -0.3 is 14.9 Å². The molecule has 0 aromatic heterocycles. The molecule has 0 rings (SSSR count). The van der Waals surface area contributed by atoms with Gasteiger partial charge in [0.15, 0.2) is 0 Å². The second kappa shape index (κ2) is 3.42. The Morgan fingerprint density at radius 2 is 2.00 bits per heavy atom. The van der Waals surface area contributed by atoms with Crippen molar-refractivity contribution in [2.45, 2.75) is 26.2 Å². The normalized spacial score (nSPS) is 13.8. The molecular formula is C5H10O4. The monoisotopic (exact) mass is 134 g/mol. The van der Waals surface area contributed by atoms with E-state index in [0.29, 0.717) is 0 Å². The highest BCUT2D eigenvalue weighted by Gasteiger charge is 2.13. The zero-order valence-electron chi connectivity index (χ0n) is 5.37. The Hall–Kier alpha value is -0.610. The van der Waals surface area contributed by atoms with Crippen LogP contribution in [0.5, 0.6) is 0 Å². The van der Waals surface area contributed by atoms with Crippen molar-refractivity contribution in [2.24, 2.45) is 0 Å². The van der Waals surface area contributed by atoms with Crippen LogP contribution in [0.15, 0.2) is 0 Å². The Morgan fingerprint density at radius 1 is 1.56 bits per heavy atom. The quantitative estimate of drug-likeness (QED) is 0.525. The van der Waals surface area contributed by atoms with Gasteiger partial charge in [-0.15, -0.1) is 0 Å². The second-order valence-corrected chi connectivity index (χ2v) is 1.88. The van der Waals surface area contributed by atoms with Crippen LogP contribution >= 0.6 is 0 Å². The third-order valence-corrected chi connectivity index (χ3v) is 0.612. The second-order valence-electron chi connectivity index (χ2n) is 1.88. The summed E-state index contributed by atoms with van der Waals surface area (Å²) in [4.78, 5) is 9.86. The molecule has 4 nitrogen and oxygen atoms in total.